The fourth-order valence-electron chi connectivity index (χ4n) is 1.36. The van der Waals surface area contributed by atoms with Crippen molar-refractivity contribution in [2.45, 2.75) is 20.3 Å². The Balaban J connectivity index is 3.74. The molecule has 3 N–H and O–H groups in total. The summed E-state index contributed by atoms with van der Waals surface area (Å²) in [4.78, 5) is 10.7. The van der Waals surface area contributed by atoms with E-state index in [0.29, 0.717) is 32.6 Å². The molecular weight excluding hydrogens is 242 g/mol. The van der Waals surface area contributed by atoms with Gasteiger partial charge in [0.25, 0.3) is 0 Å². The highest BCUT2D eigenvalue weighted by molar-refractivity contribution is 7.88. The van der Waals surface area contributed by atoms with Crippen LogP contribution in [0.25, 0.3) is 0 Å². The second-order valence-electron chi connectivity index (χ2n) is 4.12. The molecule has 0 saturated heterocycles. The maximum Gasteiger partial charge on any atom is 0.221 e. The first-order valence-electron chi connectivity index (χ1n) is 5.74. The third kappa shape index (κ3) is 7.30. The quantitative estimate of drug-likeness (QED) is 0.543. The van der Waals surface area contributed by atoms with Crippen LogP contribution in [0.2, 0.25) is 0 Å². The number of nitrogens with one attached hydrogen (secondary N) is 1. The summed E-state index contributed by atoms with van der Waals surface area (Å²) in [6.07, 6.45) is 1.92. The predicted molar refractivity (Wildman–Crippen MR) is 67.9 cm³/mol. The Kier molecular flexibility index (Phi) is 7.33. The molecule has 0 aliphatic heterocycles. The van der Waals surface area contributed by atoms with E-state index in [1.807, 2.05) is 6.92 Å². The zero-order valence-electron chi connectivity index (χ0n) is 10.8. The van der Waals surface area contributed by atoms with Crippen molar-refractivity contribution in [1.82, 2.24) is 9.62 Å². The summed E-state index contributed by atoms with van der Waals surface area (Å²) in [7, 11) is -3.10. The monoisotopic (exact) mass is 265 g/mol. The molecule has 0 aromatic carbocycles. The van der Waals surface area contributed by atoms with Gasteiger partial charge in [0.05, 0.1) is 6.26 Å². The lowest BCUT2D eigenvalue weighted by molar-refractivity contribution is -0.121. The predicted octanol–water partition coefficient (Wildman–Crippen LogP) is -0.631. The standard InChI is InChI=1S/C10H23N3O3S/c1-4-13(17(3,15)16)7-5-6-12-8-9(2)10(11)14/h9,12H,4-8H2,1-3H3,(H2,11,14). The van der Waals surface area contributed by atoms with Crippen LogP contribution in [0.5, 0.6) is 0 Å². The van der Waals surface area contributed by atoms with Gasteiger partial charge in [-0.3, -0.25) is 4.79 Å². The first-order chi connectivity index (χ1) is 7.79. The first-order valence-corrected chi connectivity index (χ1v) is 7.59. The number of primary amides is 1. The average molecular weight is 265 g/mol. The smallest absolute Gasteiger partial charge is 0.221 e. The van der Waals surface area contributed by atoms with Gasteiger partial charge in [0.1, 0.15) is 0 Å². The van der Waals surface area contributed by atoms with E-state index in [4.69, 9.17) is 5.73 Å². The molecule has 0 fully saturated rings. The lowest BCUT2D eigenvalue weighted by atomic mass is 10.2. The number of carbonyl (C=O) groups is 1. The number of sulfonamides is 1. The maximum atomic E-state index is 11.3. The van der Waals surface area contributed by atoms with Gasteiger partial charge in [-0.15, -0.1) is 0 Å². The molecular formula is C10H23N3O3S. The van der Waals surface area contributed by atoms with E-state index in [1.54, 1.807) is 6.92 Å². The molecule has 0 bridgehead atoms. The van der Waals surface area contributed by atoms with Gasteiger partial charge in [0, 0.05) is 25.6 Å². The minimum atomic E-state index is -3.10. The molecule has 1 atom stereocenters. The third-order valence-corrected chi connectivity index (χ3v) is 3.90. The number of nitrogens with zero attached hydrogens (tertiary/aromatic N) is 1. The van der Waals surface area contributed by atoms with Crippen LogP contribution in [-0.4, -0.2) is 51.1 Å². The molecule has 0 aliphatic carbocycles. The number of carbonyl (C=O) groups excluding carboxylic acids is 1. The van der Waals surface area contributed by atoms with E-state index in [9.17, 15) is 13.2 Å². The second-order valence-corrected chi connectivity index (χ2v) is 6.10. The molecule has 0 spiro atoms. The van der Waals surface area contributed by atoms with Crippen molar-refractivity contribution in [3.05, 3.63) is 0 Å². The zero-order chi connectivity index (χ0) is 13.5. The Hall–Kier alpha value is -0.660. The summed E-state index contributed by atoms with van der Waals surface area (Å²) in [6.45, 7) is 5.74. The number of hydrogen-bond acceptors (Lipinski definition) is 4. The van der Waals surface area contributed by atoms with Crippen molar-refractivity contribution in [2.75, 3.05) is 32.4 Å². The van der Waals surface area contributed by atoms with Crippen LogP contribution in [0, 0.1) is 5.92 Å². The number of rotatable bonds is 9. The van der Waals surface area contributed by atoms with Crippen molar-refractivity contribution in [3.63, 3.8) is 0 Å². The number of hydrogen-bond donors (Lipinski definition) is 2. The molecule has 6 nitrogen and oxygen atoms in total. The molecule has 102 valence electrons. The van der Waals surface area contributed by atoms with Gasteiger partial charge in [0.2, 0.25) is 15.9 Å². The summed E-state index contributed by atoms with van der Waals surface area (Å²) in [5.74, 6) is -0.531. The SMILES string of the molecule is CCN(CCCNCC(C)C(N)=O)S(C)(=O)=O. The molecule has 0 rings (SSSR count). The normalized spacial score (nSPS) is 13.9. The average Bonchev–Trinajstić information content (AvgIpc) is 2.20. The highest BCUT2D eigenvalue weighted by Gasteiger charge is 2.13. The minimum Gasteiger partial charge on any atom is -0.369 e. The van der Waals surface area contributed by atoms with Crippen molar-refractivity contribution in [2.24, 2.45) is 11.7 Å². The molecule has 0 aromatic rings. The van der Waals surface area contributed by atoms with Gasteiger partial charge >= 0.3 is 0 Å². The molecule has 0 saturated carbocycles. The van der Waals surface area contributed by atoms with Crippen LogP contribution in [0.3, 0.4) is 0 Å². The molecule has 0 aliphatic rings. The highest BCUT2D eigenvalue weighted by Crippen LogP contribution is 1.98. The Morgan fingerprint density at radius 2 is 2.06 bits per heavy atom. The van der Waals surface area contributed by atoms with Gasteiger partial charge in [-0.05, 0) is 13.0 Å². The first kappa shape index (κ1) is 16.3. The van der Waals surface area contributed by atoms with E-state index < -0.39 is 10.0 Å². The van der Waals surface area contributed by atoms with Crippen LogP contribution in [-0.2, 0) is 14.8 Å². The number of amides is 1. The fraction of sp³-hybridized carbons (Fsp3) is 0.900. The Morgan fingerprint density at radius 1 is 1.47 bits per heavy atom. The Bertz CT molecular complexity index is 330. The fourth-order valence-corrected chi connectivity index (χ4v) is 2.29. The molecule has 7 heteroatoms. The molecule has 0 heterocycles. The summed E-state index contributed by atoms with van der Waals surface area (Å²) in [6, 6.07) is 0. The Morgan fingerprint density at radius 3 is 2.47 bits per heavy atom. The second kappa shape index (κ2) is 7.62. The van der Waals surface area contributed by atoms with Crippen LogP contribution in [0.4, 0.5) is 0 Å². The van der Waals surface area contributed by atoms with Crippen molar-refractivity contribution < 1.29 is 13.2 Å². The van der Waals surface area contributed by atoms with Crippen molar-refractivity contribution in [3.8, 4) is 0 Å². The van der Waals surface area contributed by atoms with E-state index >= 15 is 0 Å². The molecule has 0 radical (unpaired) electrons. The van der Waals surface area contributed by atoms with Crippen molar-refractivity contribution >= 4 is 15.9 Å². The molecule has 1 amide bonds. The minimum absolute atomic E-state index is 0.202. The summed E-state index contributed by atoms with van der Waals surface area (Å²) in [5.41, 5.74) is 5.11. The van der Waals surface area contributed by atoms with Gasteiger partial charge in [-0.1, -0.05) is 13.8 Å². The van der Waals surface area contributed by atoms with Crippen LogP contribution >= 0.6 is 0 Å². The van der Waals surface area contributed by atoms with Crippen LogP contribution < -0.4 is 11.1 Å². The lowest BCUT2D eigenvalue weighted by Gasteiger charge is -2.17. The van der Waals surface area contributed by atoms with Crippen LogP contribution in [0.1, 0.15) is 20.3 Å². The van der Waals surface area contributed by atoms with Crippen LogP contribution in [0.15, 0.2) is 0 Å². The lowest BCUT2D eigenvalue weighted by Crippen LogP contribution is -2.34. The number of nitrogens with two attached hydrogens (primary N) is 1. The van der Waals surface area contributed by atoms with Gasteiger partial charge < -0.3 is 11.1 Å². The third-order valence-electron chi connectivity index (χ3n) is 2.52. The zero-order valence-corrected chi connectivity index (χ0v) is 11.6. The molecule has 1 unspecified atom stereocenters. The topological polar surface area (TPSA) is 92.5 Å². The maximum absolute atomic E-state index is 11.3. The van der Waals surface area contributed by atoms with Crippen molar-refractivity contribution in [1.29, 1.82) is 0 Å². The molecule has 17 heavy (non-hydrogen) atoms. The largest absolute Gasteiger partial charge is 0.369 e. The summed E-state index contributed by atoms with van der Waals surface area (Å²) in [5, 5.41) is 3.08. The summed E-state index contributed by atoms with van der Waals surface area (Å²) >= 11 is 0. The van der Waals surface area contributed by atoms with Gasteiger partial charge in [0.15, 0.2) is 0 Å². The summed E-state index contributed by atoms with van der Waals surface area (Å²) < 4.78 is 24.0. The highest BCUT2D eigenvalue weighted by atomic mass is 32.2. The van der Waals surface area contributed by atoms with E-state index in [0.717, 1.165) is 0 Å². The Labute approximate surface area is 104 Å². The molecule has 0 aromatic heterocycles. The van der Waals surface area contributed by atoms with Gasteiger partial charge in [-0.2, -0.15) is 0 Å². The van der Waals surface area contributed by atoms with E-state index in [1.165, 1.54) is 10.6 Å². The van der Waals surface area contributed by atoms with E-state index in [-0.39, 0.29) is 11.8 Å². The van der Waals surface area contributed by atoms with E-state index in [2.05, 4.69) is 5.32 Å². The van der Waals surface area contributed by atoms with Gasteiger partial charge in [-0.25, -0.2) is 12.7 Å².